The summed E-state index contributed by atoms with van der Waals surface area (Å²) in [5.74, 6) is -0.997. The number of imide groups is 1. The Hall–Kier alpha value is -1.25. The molecule has 1 unspecified atom stereocenters. The lowest BCUT2D eigenvalue weighted by Crippen LogP contribution is -2.52. The van der Waals surface area contributed by atoms with Crippen LogP contribution in [0, 0.1) is 6.92 Å². The van der Waals surface area contributed by atoms with Gasteiger partial charge in [-0.3, -0.25) is 14.9 Å². The quantitative estimate of drug-likeness (QED) is 0.781. The Balaban J connectivity index is 2.21. The molecule has 0 spiro atoms. The Morgan fingerprint density at radius 3 is 2.65 bits per heavy atom. The minimum atomic E-state index is -3.79. The van der Waals surface area contributed by atoms with Crippen molar-refractivity contribution in [1.29, 1.82) is 0 Å². The molecule has 0 bridgehead atoms. The molecular weight excluding hydrogens is 348 g/mol. The number of rotatable bonds is 3. The summed E-state index contributed by atoms with van der Waals surface area (Å²) in [6.07, 6.45) is 0.289. The number of nitrogens with one attached hydrogen (secondary N) is 2. The molecule has 2 rings (SSSR count). The molecule has 1 saturated heterocycles. The Morgan fingerprint density at radius 2 is 2.05 bits per heavy atom. The van der Waals surface area contributed by atoms with E-state index < -0.39 is 22.0 Å². The third kappa shape index (κ3) is 3.25. The molecule has 1 aliphatic heterocycles. The summed E-state index contributed by atoms with van der Waals surface area (Å²) in [4.78, 5) is 22.7. The first-order valence-corrected chi connectivity index (χ1v) is 8.19. The minimum absolute atomic E-state index is 0.0860. The van der Waals surface area contributed by atoms with Crippen LogP contribution in [0.3, 0.4) is 0 Å². The van der Waals surface area contributed by atoms with Crippen LogP contribution in [-0.4, -0.2) is 26.3 Å². The van der Waals surface area contributed by atoms with Crippen molar-refractivity contribution < 1.29 is 18.0 Å². The second kappa shape index (κ2) is 5.63. The maximum absolute atomic E-state index is 12.2. The van der Waals surface area contributed by atoms with Crippen molar-refractivity contribution >= 4 is 37.8 Å². The molecule has 6 nitrogen and oxygen atoms in total. The highest BCUT2D eigenvalue weighted by Gasteiger charge is 2.30. The van der Waals surface area contributed by atoms with E-state index >= 15 is 0 Å². The van der Waals surface area contributed by atoms with Gasteiger partial charge in [0.1, 0.15) is 6.04 Å². The van der Waals surface area contributed by atoms with Crippen LogP contribution in [-0.2, 0) is 19.6 Å². The standard InChI is InChI=1S/C12H13BrN2O4S/c1-7-6-8(2-3-9(7)13)20(18,19)15-10-4-5-11(16)14-12(10)17/h2-3,6,10,15H,4-5H2,1H3,(H,14,16,17). The third-order valence-corrected chi connectivity index (χ3v) is 5.34. The van der Waals surface area contributed by atoms with Crippen LogP contribution in [0.5, 0.6) is 0 Å². The van der Waals surface area contributed by atoms with E-state index in [0.29, 0.717) is 0 Å². The summed E-state index contributed by atoms with van der Waals surface area (Å²) >= 11 is 3.29. The SMILES string of the molecule is Cc1cc(S(=O)(=O)NC2CCC(=O)NC2=O)ccc1Br. The van der Waals surface area contributed by atoms with Gasteiger partial charge < -0.3 is 0 Å². The van der Waals surface area contributed by atoms with E-state index in [2.05, 4.69) is 26.0 Å². The van der Waals surface area contributed by atoms with Crippen LogP contribution < -0.4 is 10.0 Å². The lowest BCUT2D eigenvalue weighted by Gasteiger charge is -2.21. The number of piperidine rings is 1. The second-order valence-electron chi connectivity index (χ2n) is 4.54. The van der Waals surface area contributed by atoms with Gasteiger partial charge in [-0.2, -0.15) is 4.72 Å². The van der Waals surface area contributed by atoms with Crippen molar-refractivity contribution in [2.75, 3.05) is 0 Å². The highest BCUT2D eigenvalue weighted by atomic mass is 79.9. The Morgan fingerprint density at radius 1 is 1.35 bits per heavy atom. The molecule has 0 aliphatic carbocycles. The molecule has 2 amide bonds. The van der Waals surface area contributed by atoms with Crippen LogP contribution in [0.4, 0.5) is 0 Å². The predicted octanol–water partition coefficient (Wildman–Crippen LogP) is 0.841. The summed E-state index contributed by atoms with van der Waals surface area (Å²) in [5, 5.41) is 2.11. The van der Waals surface area contributed by atoms with E-state index in [-0.39, 0.29) is 23.6 Å². The van der Waals surface area contributed by atoms with Gasteiger partial charge in [-0.15, -0.1) is 0 Å². The van der Waals surface area contributed by atoms with Crippen molar-refractivity contribution in [3.05, 3.63) is 28.2 Å². The number of hydrogen-bond acceptors (Lipinski definition) is 4. The lowest BCUT2D eigenvalue weighted by atomic mass is 10.1. The van der Waals surface area contributed by atoms with Crippen LogP contribution >= 0.6 is 15.9 Å². The van der Waals surface area contributed by atoms with E-state index in [1.165, 1.54) is 12.1 Å². The zero-order valence-corrected chi connectivity index (χ0v) is 13.0. The number of benzene rings is 1. The van der Waals surface area contributed by atoms with Crippen molar-refractivity contribution in [2.45, 2.75) is 30.7 Å². The summed E-state index contributed by atoms with van der Waals surface area (Å²) < 4.78 is 27.5. The molecule has 1 aromatic rings. The molecule has 0 saturated carbocycles. The first-order chi connectivity index (χ1) is 9.29. The van der Waals surface area contributed by atoms with Crippen molar-refractivity contribution in [2.24, 2.45) is 0 Å². The van der Waals surface area contributed by atoms with Crippen LogP contribution in [0.1, 0.15) is 18.4 Å². The minimum Gasteiger partial charge on any atom is -0.295 e. The van der Waals surface area contributed by atoms with Crippen LogP contribution in [0.25, 0.3) is 0 Å². The fourth-order valence-electron chi connectivity index (χ4n) is 1.85. The van der Waals surface area contributed by atoms with E-state index in [1.54, 1.807) is 13.0 Å². The molecule has 20 heavy (non-hydrogen) atoms. The normalized spacial score (nSPS) is 19.8. The molecule has 0 aromatic heterocycles. The second-order valence-corrected chi connectivity index (χ2v) is 7.10. The van der Waals surface area contributed by atoms with E-state index in [0.717, 1.165) is 10.0 Å². The molecule has 1 atom stereocenters. The monoisotopic (exact) mass is 360 g/mol. The largest absolute Gasteiger partial charge is 0.295 e. The third-order valence-electron chi connectivity index (χ3n) is 2.98. The molecule has 1 aliphatic rings. The predicted molar refractivity (Wildman–Crippen MR) is 75.4 cm³/mol. The average Bonchev–Trinajstić information content (AvgIpc) is 2.36. The zero-order chi connectivity index (χ0) is 14.9. The van der Waals surface area contributed by atoms with Gasteiger partial charge in [0, 0.05) is 10.9 Å². The van der Waals surface area contributed by atoms with Crippen LogP contribution in [0.15, 0.2) is 27.6 Å². The van der Waals surface area contributed by atoms with Crippen molar-refractivity contribution in [3.8, 4) is 0 Å². The number of sulfonamides is 1. The van der Waals surface area contributed by atoms with Gasteiger partial charge in [0.05, 0.1) is 4.90 Å². The number of amides is 2. The summed E-state index contributed by atoms with van der Waals surface area (Å²) in [5.41, 5.74) is 0.774. The molecule has 8 heteroatoms. The fourth-order valence-corrected chi connectivity index (χ4v) is 3.41. The first kappa shape index (κ1) is 15.1. The van der Waals surface area contributed by atoms with Gasteiger partial charge in [0.2, 0.25) is 21.8 Å². The highest BCUT2D eigenvalue weighted by molar-refractivity contribution is 9.10. The van der Waals surface area contributed by atoms with Gasteiger partial charge in [-0.25, -0.2) is 8.42 Å². The Kier molecular flexibility index (Phi) is 4.26. The Bertz CT molecular complexity index is 672. The molecule has 1 aromatic carbocycles. The van der Waals surface area contributed by atoms with Gasteiger partial charge in [-0.1, -0.05) is 15.9 Å². The average molecular weight is 361 g/mol. The van der Waals surface area contributed by atoms with Crippen molar-refractivity contribution in [1.82, 2.24) is 10.0 Å². The summed E-state index contributed by atoms with van der Waals surface area (Å²) in [6, 6.07) is 3.68. The maximum atomic E-state index is 12.2. The highest BCUT2D eigenvalue weighted by Crippen LogP contribution is 2.20. The molecule has 1 fully saturated rings. The summed E-state index contributed by atoms with van der Waals surface area (Å²) in [6.45, 7) is 1.77. The zero-order valence-electron chi connectivity index (χ0n) is 10.6. The molecule has 0 radical (unpaired) electrons. The Labute approximate surface area is 125 Å². The van der Waals surface area contributed by atoms with Crippen LogP contribution in [0.2, 0.25) is 0 Å². The smallest absolute Gasteiger partial charge is 0.244 e. The van der Waals surface area contributed by atoms with Crippen molar-refractivity contribution in [3.63, 3.8) is 0 Å². The van der Waals surface area contributed by atoms with Gasteiger partial charge in [0.15, 0.2) is 0 Å². The summed E-state index contributed by atoms with van der Waals surface area (Å²) in [7, 11) is -3.79. The lowest BCUT2D eigenvalue weighted by molar-refractivity contribution is -0.134. The first-order valence-electron chi connectivity index (χ1n) is 5.92. The molecule has 1 heterocycles. The van der Waals surface area contributed by atoms with E-state index in [4.69, 9.17) is 0 Å². The molecule has 108 valence electrons. The van der Waals surface area contributed by atoms with E-state index in [1.807, 2.05) is 0 Å². The number of hydrogen-bond donors (Lipinski definition) is 2. The number of carbonyl (C=O) groups is 2. The number of halogens is 1. The number of aryl methyl sites for hydroxylation is 1. The molecule has 2 N–H and O–H groups in total. The van der Waals surface area contributed by atoms with Gasteiger partial charge >= 0.3 is 0 Å². The van der Waals surface area contributed by atoms with E-state index in [9.17, 15) is 18.0 Å². The topological polar surface area (TPSA) is 92.3 Å². The fraction of sp³-hybridized carbons (Fsp3) is 0.333. The van der Waals surface area contributed by atoms with Gasteiger partial charge in [0.25, 0.3) is 0 Å². The molecular formula is C12H13BrN2O4S. The number of carbonyl (C=O) groups excluding carboxylic acids is 2. The van der Waals surface area contributed by atoms with Gasteiger partial charge in [-0.05, 0) is 37.1 Å². The maximum Gasteiger partial charge on any atom is 0.244 e.